The number of hydrogen-bond donors (Lipinski definition) is 1. The third kappa shape index (κ3) is 4.60. The fourth-order valence-electron chi connectivity index (χ4n) is 4.42. The highest BCUT2D eigenvalue weighted by molar-refractivity contribution is 7.18. The molecule has 180 valence electrons. The molecule has 1 atom stereocenters. The molecule has 2 aromatic heterocycles. The number of ether oxygens (including phenoxy) is 1. The normalized spacial score (nSPS) is 15.7. The zero-order valence-electron chi connectivity index (χ0n) is 18.7. The van der Waals surface area contributed by atoms with Gasteiger partial charge in [-0.1, -0.05) is 37.3 Å². The van der Waals surface area contributed by atoms with Gasteiger partial charge in [0.05, 0.1) is 16.5 Å². The number of nitrogens with zero attached hydrogens (tertiary/aromatic N) is 1. The van der Waals surface area contributed by atoms with E-state index in [9.17, 15) is 22.8 Å². The van der Waals surface area contributed by atoms with E-state index >= 15 is 0 Å². The van der Waals surface area contributed by atoms with Crippen molar-refractivity contribution in [1.82, 2.24) is 9.97 Å². The number of aromatic amines is 1. The summed E-state index contributed by atoms with van der Waals surface area (Å²) in [5.74, 6) is 0.150. The van der Waals surface area contributed by atoms with Crippen LogP contribution >= 0.6 is 11.3 Å². The maximum absolute atomic E-state index is 12.9. The standard InChI is InChI=1S/C26H21F3N2O3S/c1-14-6-11-19-20(12-14)35-24-22(19)23(32)30-21(31-24)13-34-25(33)18-5-3-2-4-17(18)15-7-9-16(10-8-15)26(27,28)29/h2-5,7-10,14H,6,11-13H2,1H3,(H,30,31,32)/t14-/m0/s1. The van der Waals surface area contributed by atoms with Gasteiger partial charge in [-0.3, -0.25) is 4.79 Å². The summed E-state index contributed by atoms with van der Waals surface area (Å²) in [6, 6.07) is 11.1. The van der Waals surface area contributed by atoms with Gasteiger partial charge in [-0.15, -0.1) is 11.3 Å². The molecule has 0 fully saturated rings. The predicted molar refractivity (Wildman–Crippen MR) is 127 cm³/mol. The SMILES string of the molecule is C[C@H]1CCc2c(sc3nc(COC(=O)c4ccccc4-c4ccc(C(F)(F)F)cc4)[nH]c(=O)c23)C1. The number of carbonyl (C=O) groups is 1. The Bertz CT molecular complexity index is 1470. The van der Waals surface area contributed by atoms with E-state index in [0.29, 0.717) is 27.3 Å². The number of carbonyl (C=O) groups excluding carboxylic acids is 1. The minimum Gasteiger partial charge on any atom is -0.454 e. The number of hydrogen-bond acceptors (Lipinski definition) is 5. The summed E-state index contributed by atoms with van der Waals surface area (Å²) < 4.78 is 44.1. The van der Waals surface area contributed by atoms with E-state index in [2.05, 4.69) is 16.9 Å². The quantitative estimate of drug-likeness (QED) is 0.343. The Balaban J connectivity index is 1.37. The fourth-order valence-corrected chi connectivity index (χ4v) is 5.83. The summed E-state index contributed by atoms with van der Waals surface area (Å²) in [7, 11) is 0. The second kappa shape index (κ2) is 8.96. The van der Waals surface area contributed by atoms with E-state index in [0.717, 1.165) is 37.0 Å². The van der Waals surface area contributed by atoms with Crippen LogP contribution in [-0.4, -0.2) is 15.9 Å². The highest BCUT2D eigenvalue weighted by Crippen LogP contribution is 2.36. The summed E-state index contributed by atoms with van der Waals surface area (Å²) in [5.41, 5.74) is 1.18. The molecule has 0 bridgehead atoms. The monoisotopic (exact) mass is 498 g/mol. The number of aryl methyl sites for hydroxylation is 1. The number of nitrogens with one attached hydrogen (secondary N) is 1. The molecule has 1 aliphatic rings. The fraction of sp³-hybridized carbons (Fsp3) is 0.269. The van der Waals surface area contributed by atoms with Crippen LogP contribution < -0.4 is 5.56 Å². The van der Waals surface area contributed by atoms with Crippen LogP contribution in [0.1, 0.15) is 45.5 Å². The number of alkyl halides is 3. The van der Waals surface area contributed by atoms with Gasteiger partial charge in [0.1, 0.15) is 17.3 Å². The van der Waals surface area contributed by atoms with Gasteiger partial charge in [-0.2, -0.15) is 13.2 Å². The van der Waals surface area contributed by atoms with Gasteiger partial charge in [-0.25, -0.2) is 9.78 Å². The van der Waals surface area contributed by atoms with Gasteiger partial charge in [-0.05, 0) is 60.1 Å². The number of halogens is 3. The maximum atomic E-state index is 12.9. The minimum atomic E-state index is -4.44. The molecule has 0 unspecified atom stereocenters. The number of aromatic nitrogens is 2. The number of benzene rings is 2. The Labute approximate surface area is 202 Å². The number of H-pyrrole nitrogens is 1. The molecule has 5 nitrogen and oxygen atoms in total. The lowest BCUT2D eigenvalue weighted by Crippen LogP contribution is -2.16. The summed E-state index contributed by atoms with van der Waals surface area (Å²) in [6.07, 6.45) is -1.62. The molecule has 2 aromatic carbocycles. The first kappa shape index (κ1) is 23.3. The summed E-state index contributed by atoms with van der Waals surface area (Å²) >= 11 is 1.51. The highest BCUT2D eigenvalue weighted by Gasteiger charge is 2.30. The average Bonchev–Trinajstić information content (AvgIpc) is 3.20. The van der Waals surface area contributed by atoms with Crippen molar-refractivity contribution >= 4 is 27.5 Å². The minimum absolute atomic E-state index is 0.205. The van der Waals surface area contributed by atoms with Gasteiger partial charge < -0.3 is 9.72 Å². The van der Waals surface area contributed by atoms with Crippen molar-refractivity contribution in [3.63, 3.8) is 0 Å². The molecule has 0 aliphatic heterocycles. The summed E-state index contributed by atoms with van der Waals surface area (Å²) in [4.78, 5) is 34.7. The molecule has 9 heteroatoms. The van der Waals surface area contributed by atoms with Crippen LogP contribution in [0.4, 0.5) is 13.2 Å². The van der Waals surface area contributed by atoms with Crippen LogP contribution in [0.3, 0.4) is 0 Å². The van der Waals surface area contributed by atoms with E-state index < -0.39 is 17.7 Å². The van der Waals surface area contributed by atoms with Gasteiger partial charge in [0, 0.05) is 4.88 Å². The third-order valence-corrected chi connectivity index (χ3v) is 7.37. The molecule has 0 amide bonds. The Hall–Kier alpha value is -3.46. The number of rotatable bonds is 4. The van der Waals surface area contributed by atoms with Gasteiger partial charge in [0.15, 0.2) is 0 Å². The molecular weight excluding hydrogens is 477 g/mol. The van der Waals surface area contributed by atoms with E-state index in [1.807, 2.05) is 0 Å². The zero-order chi connectivity index (χ0) is 24.7. The molecule has 5 rings (SSSR count). The topological polar surface area (TPSA) is 72.0 Å². The van der Waals surface area contributed by atoms with E-state index in [1.165, 1.54) is 28.3 Å². The first-order valence-corrected chi connectivity index (χ1v) is 12.0. The molecule has 4 aromatic rings. The van der Waals surface area contributed by atoms with Crippen molar-refractivity contribution < 1.29 is 22.7 Å². The highest BCUT2D eigenvalue weighted by atomic mass is 32.1. The van der Waals surface area contributed by atoms with Crippen LogP contribution in [0.25, 0.3) is 21.3 Å². The first-order chi connectivity index (χ1) is 16.7. The lowest BCUT2D eigenvalue weighted by molar-refractivity contribution is -0.137. The van der Waals surface area contributed by atoms with E-state index in [4.69, 9.17) is 4.74 Å². The molecule has 0 spiro atoms. The second-order valence-corrected chi connectivity index (χ2v) is 9.82. The Kier molecular flexibility index (Phi) is 5.96. The van der Waals surface area contributed by atoms with Crippen LogP contribution in [0, 0.1) is 5.92 Å². The molecule has 0 saturated carbocycles. The molecule has 35 heavy (non-hydrogen) atoms. The number of thiophene rings is 1. The van der Waals surface area contributed by atoms with Crippen molar-refractivity contribution in [2.75, 3.05) is 0 Å². The summed E-state index contributed by atoms with van der Waals surface area (Å²) in [5, 5.41) is 0.625. The van der Waals surface area contributed by atoms with Crippen LogP contribution in [0.15, 0.2) is 53.3 Å². The average molecular weight is 499 g/mol. The second-order valence-electron chi connectivity index (χ2n) is 8.74. The van der Waals surface area contributed by atoms with E-state index in [1.54, 1.807) is 24.3 Å². The first-order valence-electron chi connectivity index (χ1n) is 11.2. The van der Waals surface area contributed by atoms with Crippen LogP contribution in [0.2, 0.25) is 0 Å². The van der Waals surface area contributed by atoms with Gasteiger partial charge in [0.2, 0.25) is 0 Å². The van der Waals surface area contributed by atoms with Crippen molar-refractivity contribution in [2.45, 2.75) is 39.0 Å². The molecule has 0 saturated heterocycles. The van der Waals surface area contributed by atoms with Crippen molar-refractivity contribution in [3.8, 4) is 11.1 Å². The Morgan fingerprint density at radius 2 is 1.91 bits per heavy atom. The summed E-state index contributed by atoms with van der Waals surface area (Å²) in [6.45, 7) is 1.96. The third-order valence-electron chi connectivity index (χ3n) is 6.22. The Morgan fingerprint density at radius 3 is 2.66 bits per heavy atom. The molecule has 1 N–H and O–H groups in total. The van der Waals surface area contributed by atoms with E-state index in [-0.39, 0.29) is 23.6 Å². The zero-order valence-corrected chi connectivity index (χ0v) is 19.6. The lowest BCUT2D eigenvalue weighted by atomic mass is 9.89. The van der Waals surface area contributed by atoms with Crippen LogP contribution in [-0.2, 0) is 30.4 Å². The maximum Gasteiger partial charge on any atom is 0.416 e. The molecule has 2 heterocycles. The number of fused-ring (bicyclic) bond motifs is 3. The predicted octanol–water partition coefficient (Wildman–Crippen LogP) is 6.15. The van der Waals surface area contributed by atoms with Gasteiger partial charge in [0.25, 0.3) is 5.56 Å². The lowest BCUT2D eigenvalue weighted by Gasteiger charge is -2.17. The number of esters is 1. The largest absolute Gasteiger partial charge is 0.454 e. The molecular formula is C26H21F3N2O3S. The van der Waals surface area contributed by atoms with Crippen molar-refractivity contribution in [1.29, 1.82) is 0 Å². The van der Waals surface area contributed by atoms with Crippen molar-refractivity contribution in [2.24, 2.45) is 5.92 Å². The molecule has 0 radical (unpaired) electrons. The Morgan fingerprint density at radius 1 is 1.17 bits per heavy atom. The van der Waals surface area contributed by atoms with Gasteiger partial charge >= 0.3 is 12.1 Å². The smallest absolute Gasteiger partial charge is 0.416 e. The molecule has 1 aliphatic carbocycles. The van der Waals surface area contributed by atoms with Crippen molar-refractivity contribution in [3.05, 3.63) is 86.3 Å². The van der Waals surface area contributed by atoms with Crippen LogP contribution in [0.5, 0.6) is 0 Å².